The van der Waals surface area contributed by atoms with E-state index in [0.717, 1.165) is 16.7 Å². The van der Waals surface area contributed by atoms with Crippen LogP contribution in [0.2, 0.25) is 0 Å². The lowest BCUT2D eigenvalue weighted by atomic mass is 9.78. The van der Waals surface area contributed by atoms with Crippen molar-refractivity contribution in [1.82, 2.24) is 15.2 Å². The van der Waals surface area contributed by atoms with Crippen LogP contribution in [0.15, 0.2) is 73.1 Å². The van der Waals surface area contributed by atoms with Gasteiger partial charge in [0.05, 0.1) is 17.6 Å². The molecule has 1 atom stereocenters. The SMILES string of the molecule is CCOc1ccccc1C(=O)N1CCC(Cc2ccccc2-c2cccnc2)(C(=O)NC)C1. The van der Waals surface area contributed by atoms with Crippen molar-refractivity contribution in [2.75, 3.05) is 26.7 Å². The van der Waals surface area contributed by atoms with Crippen molar-refractivity contribution in [3.8, 4) is 16.9 Å². The molecule has 1 aliphatic heterocycles. The third kappa shape index (κ3) is 4.60. The topological polar surface area (TPSA) is 71.5 Å². The first kappa shape index (κ1) is 22.5. The van der Waals surface area contributed by atoms with Crippen LogP contribution in [0.25, 0.3) is 11.1 Å². The molecule has 0 radical (unpaired) electrons. The Bertz CT molecular complexity index is 1130. The minimum atomic E-state index is -0.705. The molecule has 1 aromatic heterocycles. The maximum absolute atomic E-state index is 13.4. The molecule has 1 aliphatic rings. The second-order valence-electron chi connectivity index (χ2n) is 8.34. The van der Waals surface area contributed by atoms with E-state index in [-0.39, 0.29) is 11.8 Å². The summed E-state index contributed by atoms with van der Waals surface area (Å²) in [5.74, 6) is 0.423. The third-order valence-electron chi connectivity index (χ3n) is 6.29. The Hall–Kier alpha value is -3.67. The Kier molecular flexibility index (Phi) is 6.73. The van der Waals surface area contributed by atoms with E-state index < -0.39 is 5.41 Å². The highest BCUT2D eigenvalue weighted by Gasteiger charge is 2.46. The van der Waals surface area contributed by atoms with Crippen molar-refractivity contribution >= 4 is 11.8 Å². The molecule has 0 aliphatic carbocycles. The van der Waals surface area contributed by atoms with Crippen LogP contribution in [0, 0.1) is 5.41 Å². The highest BCUT2D eigenvalue weighted by Crippen LogP contribution is 2.38. The molecule has 0 bridgehead atoms. The van der Waals surface area contributed by atoms with Crippen LogP contribution in [0.3, 0.4) is 0 Å². The lowest BCUT2D eigenvalue weighted by Gasteiger charge is -2.29. The van der Waals surface area contributed by atoms with Crippen LogP contribution in [-0.4, -0.2) is 48.4 Å². The van der Waals surface area contributed by atoms with E-state index >= 15 is 0 Å². The average molecular weight is 444 g/mol. The van der Waals surface area contributed by atoms with Gasteiger partial charge in [-0.05, 0) is 49.1 Å². The summed E-state index contributed by atoms with van der Waals surface area (Å²) < 4.78 is 5.67. The Labute approximate surface area is 194 Å². The molecule has 33 heavy (non-hydrogen) atoms. The van der Waals surface area contributed by atoms with Crippen LogP contribution in [0.5, 0.6) is 5.75 Å². The van der Waals surface area contributed by atoms with Crippen molar-refractivity contribution in [3.63, 3.8) is 0 Å². The van der Waals surface area contributed by atoms with Gasteiger partial charge in [0.1, 0.15) is 5.75 Å². The number of para-hydroxylation sites is 1. The number of carbonyl (C=O) groups is 2. The summed E-state index contributed by atoms with van der Waals surface area (Å²) >= 11 is 0. The van der Waals surface area contributed by atoms with Gasteiger partial charge in [0, 0.05) is 38.1 Å². The smallest absolute Gasteiger partial charge is 0.257 e. The summed E-state index contributed by atoms with van der Waals surface area (Å²) in [7, 11) is 1.66. The molecule has 1 unspecified atom stereocenters. The summed E-state index contributed by atoms with van der Waals surface area (Å²) in [5.41, 5.74) is 2.96. The van der Waals surface area contributed by atoms with Gasteiger partial charge in [-0.3, -0.25) is 14.6 Å². The lowest BCUT2D eigenvalue weighted by molar-refractivity contribution is -0.129. The zero-order valence-electron chi connectivity index (χ0n) is 19.1. The number of ether oxygens (including phenoxy) is 1. The Morgan fingerprint density at radius 2 is 1.88 bits per heavy atom. The molecule has 1 saturated heterocycles. The van der Waals surface area contributed by atoms with Crippen LogP contribution in [0.4, 0.5) is 0 Å². The molecule has 170 valence electrons. The molecule has 2 amide bonds. The quantitative estimate of drug-likeness (QED) is 0.600. The molecule has 2 aromatic carbocycles. The van der Waals surface area contributed by atoms with E-state index in [1.54, 1.807) is 24.2 Å². The highest BCUT2D eigenvalue weighted by atomic mass is 16.5. The molecular formula is C27H29N3O3. The molecule has 2 heterocycles. The fourth-order valence-corrected chi connectivity index (χ4v) is 4.66. The zero-order valence-corrected chi connectivity index (χ0v) is 19.1. The van der Waals surface area contributed by atoms with E-state index in [4.69, 9.17) is 4.74 Å². The summed E-state index contributed by atoms with van der Waals surface area (Å²) in [6, 6.07) is 19.3. The van der Waals surface area contributed by atoms with Crippen molar-refractivity contribution in [2.45, 2.75) is 19.8 Å². The van der Waals surface area contributed by atoms with Gasteiger partial charge in [-0.15, -0.1) is 0 Å². The number of likely N-dealkylation sites (tertiary alicyclic amines) is 1. The van der Waals surface area contributed by atoms with E-state index in [1.807, 2.05) is 55.6 Å². The van der Waals surface area contributed by atoms with Crippen molar-refractivity contribution in [1.29, 1.82) is 0 Å². The molecule has 0 spiro atoms. The Morgan fingerprint density at radius 3 is 2.64 bits per heavy atom. The second kappa shape index (κ2) is 9.86. The van der Waals surface area contributed by atoms with Crippen LogP contribution in [0.1, 0.15) is 29.3 Å². The number of nitrogens with one attached hydrogen (secondary N) is 1. The fourth-order valence-electron chi connectivity index (χ4n) is 4.66. The van der Waals surface area contributed by atoms with Gasteiger partial charge in [0.15, 0.2) is 0 Å². The largest absolute Gasteiger partial charge is 0.493 e. The molecule has 1 fully saturated rings. The molecular weight excluding hydrogens is 414 g/mol. The first-order valence-corrected chi connectivity index (χ1v) is 11.3. The number of rotatable bonds is 7. The van der Waals surface area contributed by atoms with Crippen LogP contribution in [-0.2, 0) is 11.2 Å². The van der Waals surface area contributed by atoms with Gasteiger partial charge in [0.25, 0.3) is 5.91 Å². The third-order valence-corrected chi connectivity index (χ3v) is 6.29. The lowest BCUT2D eigenvalue weighted by Crippen LogP contribution is -2.44. The summed E-state index contributed by atoms with van der Waals surface area (Å²) in [4.78, 5) is 32.6. The Balaban J connectivity index is 1.64. The van der Waals surface area contributed by atoms with Crippen molar-refractivity contribution in [3.05, 3.63) is 84.2 Å². The maximum Gasteiger partial charge on any atom is 0.257 e. The molecule has 1 N–H and O–H groups in total. The molecule has 0 saturated carbocycles. The van der Waals surface area contributed by atoms with E-state index in [0.29, 0.717) is 43.9 Å². The maximum atomic E-state index is 13.4. The van der Waals surface area contributed by atoms with Crippen molar-refractivity contribution in [2.24, 2.45) is 5.41 Å². The minimum Gasteiger partial charge on any atom is -0.493 e. The number of hydrogen-bond donors (Lipinski definition) is 1. The minimum absolute atomic E-state index is 0.0446. The molecule has 4 rings (SSSR count). The predicted octanol–water partition coefficient (Wildman–Crippen LogP) is 3.97. The van der Waals surface area contributed by atoms with E-state index in [2.05, 4.69) is 22.4 Å². The molecule has 3 aromatic rings. The summed E-state index contributed by atoms with van der Waals surface area (Å²) in [5, 5.41) is 2.84. The van der Waals surface area contributed by atoms with E-state index in [9.17, 15) is 9.59 Å². The van der Waals surface area contributed by atoms with Gasteiger partial charge in [-0.2, -0.15) is 0 Å². The first-order chi connectivity index (χ1) is 16.1. The standard InChI is InChI=1S/C27H29N3O3/c1-3-33-24-13-7-6-12-23(24)25(31)30-16-14-27(19-30,26(32)28-2)17-20-9-4-5-11-22(20)21-10-8-15-29-18-21/h4-13,15,18H,3,14,16-17,19H2,1-2H3,(H,28,32). The number of hydrogen-bond acceptors (Lipinski definition) is 4. The fraction of sp³-hybridized carbons (Fsp3) is 0.296. The summed E-state index contributed by atoms with van der Waals surface area (Å²) in [6.45, 7) is 3.25. The van der Waals surface area contributed by atoms with Crippen molar-refractivity contribution < 1.29 is 14.3 Å². The summed E-state index contributed by atoms with van der Waals surface area (Å²) in [6.07, 6.45) is 4.71. The van der Waals surface area contributed by atoms with Gasteiger partial charge >= 0.3 is 0 Å². The number of pyridine rings is 1. The second-order valence-corrected chi connectivity index (χ2v) is 8.34. The van der Waals surface area contributed by atoms with Gasteiger partial charge < -0.3 is 15.0 Å². The van der Waals surface area contributed by atoms with Gasteiger partial charge in [-0.25, -0.2) is 0 Å². The molecule has 6 nitrogen and oxygen atoms in total. The van der Waals surface area contributed by atoms with E-state index in [1.165, 1.54) is 0 Å². The number of carbonyl (C=O) groups excluding carboxylic acids is 2. The van der Waals surface area contributed by atoms with Gasteiger partial charge in [-0.1, -0.05) is 42.5 Å². The highest BCUT2D eigenvalue weighted by molar-refractivity contribution is 5.98. The number of nitrogens with zero attached hydrogens (tertiary/aromatic N) is 2. The molecule has 6 heteroatoms. The van der Waals surface area contributed by atoms with Crippen LogP contribution >= 0.6 is 0 Å². The number of aromatic nitrogens is 1. The number of benzene rings is 2. The van der Waals surface area contributed by atoms with Gasteiger partial charge in [0.2, 0.25) is 5.91 Å². The first-order valence-electron chi connectivity index (χ1n) is 11.3. The van der Waals surface area contributed by atoms with Crippen LogP contribution < -0.4 is 10.1 Å². The zero-order chi connectivity index (χ0) is 23.3. The number of amides is 2. The average Bonchev–Trinajstić information content (AvgIpc) is 3.30. The Morgan fingerprint density at radius 1 is 1.09 bits per heavy atom. The predicted molar refractivity (Wildman–Crippen MR) is 128 cm³/mol. The monoisotopic (exact) mass is 443 g/mol. The normalized spacial score (nSPS) is 17.6.